The summed E-state index contributed by atoms with van der Waals surface area (Å²) in [5.74, 6) is -0.0475. The van der Waals surface area contributed by atoms with Crippen molar-refractivity contribution in [1.82, 2.24) is 0 Å². The topological polar surface area (TPSA) is 103 Å². The highest BCUT2D eigenvalue weighted by molar-refractivity contribution is 5.99. The van der Waals surface area contributed by atoms with Crippen LogP contribution in [0.15, 0.2) is 78.9 Å². The number of ether oxygens (including phenoxy) is 1. The van der Waals surface area contributed by atoms with E-state index < -0.39 is 5.97 Å². The van der Waals surface area contributed by atoms with Gasteiger partial charge in [0.05, 0.1) is 5.71 Å². The summed E-state index contributed by atoms with van der Waals surface area (Å²) < 4.78 is 5.71. The second-order valence-corrected chi connectivity index (χ2v) is 6.72. The molecule has 0 spiro atoms. The van der Waals surface area contributed by atoms with Crippen molar-refractivity contribution < 1.29 is 19.7 Å². The molecule has 0 amide bonds. The average molecular weight is 421 g/mol. The Labute approximate surface area is 182 Å². The molecule has 0 saturated heterocycles. The molecule has 0 radical (unpaired) electrons. The quantitative estimate of drug-likeness (QED) is 0.365. The van der Waals surface area contributed by atoms with Crippen molar-refractivity contribution in [3.05, 3.63) is 95.6 Å². The van der Waals surface area contributed by atoms with Crippen molar-refractivity contribution in [2.75, 3.05) is 19.0 Å². The van der Waals surface area contributed by atoms with Crippen LogP contribution >= 0.6 is 0 Å². The minimum absolute atomic E-state index is 0.145. The number of carboxylic acid groups (broad SMARTS) is 1. The van der Waals surface area contributed by atoms with Gasteiger partial charge in [-0.3, -0.25) is 4.79 Å². The Balaban J connectivity index is 0.00000166. The molecule has 4 N–H and O–H groups in total. The normalized spacial score (nSPS) is 9.87. The molecule has 31 heavy (non-hydrogen) atoms. The van der Waals surface area contributed by atoms with E-state index in [1.807, 2.05) is 78.9 Å². The zero-order chi connectivity index (χ0) is 22.5. The number of aliphatic hydroxyl groups excluding tert-OH is 1. The van der Waals surface area contributed by atoms with Crippen molar-refractivity contribution in [1.29, 1.82) is 5.41 Å². The van der Waals surface area contributed by atoms with Crippen LogP contribution in [0.5, 0.6) is 5.75 Å². The van der Waals surface area contributed by atoms with Crippen LogP contribution in [0, 0.1) is 5.41 Å². The predicted molar refractivity (Wildman–Crippen MR) is 123 cm³/mol. The van der Waals surface area contributed by atoms with Crippen LogP contribution in [0.3, 0.4) is 0 Å². The van der Waals surface area contributed by atoms with E-state index in [1.54, 1.807) is 0 Å². The Hall–Kier alpha value is -3.64. The van der Waals surface area contributed by atoms with Gasteiger partial charge in [-0.25, -0.2) is 0 Å². The summed E-state index contributed by atoms with van der Waals surface area (Å²) in [6.07, 6.45) is 0.685. The van der Waals surface area contributed by atoms with Gasteiger partial charge in [0, 0.05) is 25.8 Å². The van der Waals surface area contributed by atoms with Gasteiger partial charge in [0.1, 0.15) is 12.4 Å². The van der Waals surface area contributed by atoms with Gasteiger partial charge in [0.2, 0.25) is 0 Å². The first-order valence-corrected chi connectivity index (χ1v) is 9.94. The SMILES string of the molecule is CO.N=C(COc1ccc(CNc2ccc(CCC(=O)O)cc2)cc1)c1ccccc1. The van der Waals surface area contributed by atoms with Crippen molar-refractivity contribution in [3.8, 4) is 5.75 Å². The summed E-state index contributed by atoms with van der Waals surface area (Å²) in [5.41, 5.74) is 4.43. The highest BCUT2D eigenvalue weighted by atomic mass is 16.5. The third kappa shape index (κ3) is 8.32. The van der Waals surface area contributed by atoms with Gasteiger partial charge in [0.25, 0.3) is 0 Å². The lowest BCUT2D eigenvalue weighted by molar-refractivity contribution is -0.136. The fourth-order valence-electron chi connectivity index (χ4n) is 2.83. The third-order valence-corrected chi connectivity index (χ3v) is 4.51. The Kier molecular flexibility index (Phi) is 9.78. The van der Waals surface area contributed by atoms with E-state index in [2.05, 4.69) is 5.32 Å². The molecule has 0 aliphatic heterocycles. The molecule has 0 fully saturated rings. The fraction of sp³-hybridized carbons (Fsp3) is 0.200. The highest BCUT2D eigenvalue weighted by Crippen LogP contribution is 2.16. The van der Waals surface area contributed by atoms with E-state index in [9.17, 15) is 4.79 Å². The molecule has 162 valence electrons. The number of aliphatic hydroxyl groups is 1. The van der Waals surface area contributed by atoms with Gasteiger partial charge in [0.15, 0.2) is 0 Å². The molecule has 0 unspecified atom stereocenters. The molecule has 0 atom stereocenters. The molecule has 3 aromatic rings. The molecule has 6 heteroatoms. The van der Waals surface area contributed by atoms with Gasteiger partial charge in [-0.1, -0.05) is 54.6 Å². The maximum absolute atomic E-state index is 10.6. The summed E-state index contributed by atoms with van der Waals surface area (Å²) in [6, 6.07) is 25.2. The number of aryl methyl sites for hydroxylation is 1. The van der Waals surface area contributed by atoms with E-state index in [1.165, 1.54) is 0 Å². The van der Waals surface area contributed by atoms with Crippen molar-refractivity contribution in [2.45, 2.75) is 19.4 Å². The number of benzene rings is 3. The molecule has 0 aromatic heterocycles. The monoisotopic (exact) mass is 420 g/mol. The summed E-state index contributed by atoms with van der Waals surface area (Å²) in [6.45, 7) is 0.907. The Bertz CT molecular complexity index is 940. The number of carbonyl (C=O) groups is 1. The first-order chi connectivity index (χ1) is 15.1. The number of hydrogen-bond donors (Lipinski definition) is 4. The number of rotatable bonds is 10. The molecule has 0 aliphatic carbocycles. The van der Waals surface area contributed by atoms with Crippen LogP contribution in [0.1, 0.15) is 23.1 Å². The minimum atomic E-state index is -0.781. The maximum Gasteiger partial charge on any atom is 0.303 e. The van der Waals surface area contributed by atoms with E-state index in [0.717, 1.165) is 35.2 Å². The lowest BCUT2D eigenvalue weighted by Gasteiger charge is -2.10. The Morgan fingerprint density at radius 2 is 1.52 bits per heavy atom. The molecule has 0 bridgehead atoms. The van der Waals surface area contributed by atoms with Gasteiger partial charge in [-0.05, 0) is 47.4 Å². The van der Waals surface area contributed by atoms with Crippen molar-refractivity contribution >= 4 is 17.4 Å². The first-order valence-electron chi connectivity index (χ1n) is 9.94. The summed E-state index contributed by atoms with van der Waals surface area (Å²) in [7, 11) is 1.00. The van der Waals surface area contributed by atoms with Gasteiger partial charge >= 0.3 is 5.97 Å². The first kappa shape index (κ1) is 23.6. The molecular formula is C25H28N2O4. The minimum Gasteiger partial charge on any atom is -0.487 e. The van der Waals surface area contributed by atoms with Gasteiger partial charge in [-0.15, -0.1) is 0 Å². The highest BCUT2D eigenvalue weighted by Gasteiger charge is 2.03. The summed E-state index contributed by atoms with van der Waals surface area (Å²) >= 11 is 0. The predicted octanol–water partition coefficient (Wildman–Crippen LogP) is 4.37. The molecule has 0 saturated carbocycles. The van der Waals surface area contributed by atoms with Crippen molar-refractivity contribution in [3.63, 3.8) is 0 Å². The molecule has 3 aromatic carbocycles. The zero-order valence-corrected chi connectivity index (χ0v) is 17.5. The van der Waals surface area contributed by atoms with Gasteiger partial charge < -0.3 is 25.7 Å². The van der Waals surface area contributed by atoms with Crippen LogP contribution in [-0.4, -0.2) is 35.6 Å². The van der Waals surface area contributed by atoms with E-state index >= 15 is 0 Å². The molecule has 0 aliphatic rings. The third-order valence-electron chi connectivity index (χ3n) is 4.51. The largest absolute Gasteiger partial charge is 0.487 e. The van der Waals surface area contributed by atoms with Crippen LogP contribution in [0.2, 0.25) is 0 Å². The number of nitrogens with one attached hydrogen (secondary N) is 2. The number of anilines is 1. The Morgan fingerprint density at radius 3 is 2.13 bits per heavy atom. The maximum atomic E-state index is 10.6. The second kappa shape index (κ2) is 12.8. The summed E-state index contributed by atoms with van der Waals surface area (Å²) in [5, 5.41) is 27.2. The standard InChI is InChI=1S/C24H24N2O3.CH4O/c25-23(20-4-2-1-3-5-20)17-29-22-13-8-19(9-14-22)16-26-21-11-6-18(7-12-21)10-15-24(27)28;1-2/h1-9,11-14,25-26H,10,15-17H2,(H,27,28);2H,1H3. The smallest absolute Gasteiger partial charge is 0.303 e. The lowest BCUT2D eigenvalue weighted by atomic mass is 10.1. The Morgan fingerprint density at radius 1 is 0.903 bits per heavy atom. The summed E-state index contributed by atoms with van der Waals surface area (Å²) in [4.78, 5) is 10.6. The van der Waals surface area contributed by atoms with Crippen LogP contribution < -0.4 is 10.1 Å². The number of aliphatic carboxylic acids is 1. The lowest BCUT2D eigenvalue weighted by Crippen LogP contribution is -2.11. The van der Waals surface area contributed by atoms with E-state index in [-0.39, 0.29) is 13.0 Å². The van der Waals surface area contributed by atoms with Crippen LogP contribution in [0.25, 0.3) is 0 Å². The molecule has 3 rings (SSSR count). The van der Waals surface area contributed by atoms with Crippen LogP contribution in [-0.2, 0) is 17.8 Å². The van der Waals surface area contributed by atoms with Crippen molar-refractivity contribution in [2.24, 2.45) is 0 Å². The fourth-order valence-corrected chi connectivity index (χ4v) is 2.83. The molecule has 6 nitrogen and oxygen atoms in total. The van der Waals surface area contributed by atoms with E-state index in [4.69, 9.17) is 20.4 Å². The second-order valence-electron chi connectivity index (χ2n) is 6.72. The van der Waals surface area contributed by atoms with Gasteiger partial charge in [-0.2, -0.15) is 0 Å². The number of hydrogen-bond acceptors (Lipinski definition) is 5. The zero-order valence-electron chi connectivity index (χ0n) is 17.5. The number of carboxylic acids is 1. The molecular weight excluding hydrogens is 392 g/mol. The van der Waals surface area contributed by atoms with E-state index in [0.29, 0.717) is 18.7 Å². The molecule has 0 heterocycles. The average Bonchev–Trinajstić information content (AvgIpc) is 2.83. The van der Waals surface area contributed by atoms with Crippen LogP contribution in [0.4, 0.5) is 5.69 Å².